The number of amides is 1. The van der Waals surface area contributed by atoms with Crippen LogP contribution in [-0.2, 0) is 4.79 Å². The Balaban J connectivity index is 1.80. The Bertz CT molecular complexity index is 448. The number of rotatable bonds is 4. The number of carbonyl (C=O) groups excluding carboxylic acids is 1. The summed E-state index contributed by atoms with van der Waals surface area (Å²) in [6.45, 7) is 7.93. The number of hydrogen-bond donors (Lipinski definition) is 2. The lowest BCUT2D eigenvalue weighted by Gasteiger charge is -2.30. The van der Waals surface area contributed by atoms with E-state index in [0.717, 1.165) is 43.1 Å². The lowest BCUT2D eigenvalue weighted by molar-refractivity contribution is -0.884. The normalized spacial score (nSPS) is 16.9. The Hall–Kier alpha value is -1.59. The molecule has 0 aromatic heterocycles. The predicted octanol–water partition coefficient (Wildman–Crippen LogP) is -0.456. The maximum absolute atomic E-state index is 11.9. The van der Waals surface area contributed by atoms with Gasteiger partial charge in [0.1, 0.15) is 5.75 Å². The largest absolute Gasteiger partial charge is 0.483 e. The third kappa shape index (κ3) is 3.95. The van der Waals surface area contributed by atoms with E-state index < -0.39 is 0 Å². The number of carbonyl (C=O) groups is 1. The second kappa shape index (κ2) is 6.72. The molecule has 5 nitrogen and oxygen atoms in total. The average Bonchev–Trinajstić information content (AvgIpc) is 2.41. The predicted molar refractivity (Wildman–Crippen MR) is 77.7 cm³/mol. The number of benzene rings is 1. The number of nitrogens with one attached hydrogen (secondary N) is 2. The quantitative estimate of drug-likeness (QED) is 0.784. The van der Waals surface area contributed by atoms with Gasteiger partial charge in [-0.15, -0.1) is 0 Å². The van der Waals surface area contributed by atoms with Crippen molar-refractivity contribution in [3.05, 3.63) is 29.3 Å². The number of hydrogen-bond acceptors (Lipinski definition) is 3. The van der Waals surface area contributed by atoms with Crippen LogP contribution >= 0.6 is 0 Å². The first-order valence-electron chi connectivity index (χ1n) is 7.11. The lowest BCUT2D eigenvalue weighted by Crippen LogP contribution is -3.12. The zero-order valence-corrected chi connectivity index (χ0v) is 12.5. The third-order valence-electron chi connectivity index (χ3n) is 3.66. The number of hydrazine groups is 1. The molecule has 1 heterocycles. The fourth-order valence-corrected chi connectivity index (χ4v) is 2.37. The number of aryl methyl sites for hydroxylation is 2. The highest BCUT2D eigenvalue weighted by Crippen LogP contribution is 2.21. The van der Waals surface area contributed by atoms with Crippen LogP contribution < -0.4 is 15.1 Å². The molecule has 0 spiro atoms. The minimum Gasteiger partial charge on any atom is -0.483 e. The number of piperazine rings is 1. The van der Waals surface area contributed by atoms with Crippen molar-refractivity contribution in [2.24, 2.45) is 0 Å². The summed E-state index contributed by atoms with van der Waals surface area (Å²) in [6.07, 6.45) is 0. The van der Waals surface area contributed by atoms with E-state index in [1.165, 1.54) is 4.90 Å². The lowest BCUT2D eigenvalue weighted by atomic mass is 10.1. The van der Waals surface area contributed by atoms with Crippen molar-refractivity contribution in [3.63, 3.8) is 0 Å². The Morgan fingerprint density at radius 2 is 1.90 bits per heavy atom. The number of para-hydroxylation sites is 1. The van der Waals surface area contributed by atoms with Crippen molar-refractivity contribution >= 4 is 5.91 Å². The molecular formula is C15H24N3O2+. The highest BCUT2D eigenvalue weighted by atomic mass is 16.5. The van der Waals surface area contributed by atoms with E-state index in [-0.39, 0.29) is 12.5 Å². The van der Waals surface area contributed by atoms with Gasteiger partial charge in [0, 0.05) is 0 Å². The molecule has 1 aromatic rings. The summed E-state index contributed by atoms with van der Waals surface area (Å²) in [5, 5.41) is 1.98. The molecule has 0 radical (unpaired) electrons. The topological polar surface area (TPSA) is 46.0 Å². The van der Waals surface area contributed by atoms with E-state index in [2.05, 4.69) is 12.5 Å². The van der Waals surface area contributed by atoms with Crippen molar-refractivity contribution in [2.75, 3.05) is 39.8 Å². The zero-order valence-electron chi connectivity index (χ0n) is 12.5. The fourth-order valence-electron chi connectivity index (χ4n) is 2.37. The van der Waals surface area contributed by atoms with Crippen LogP contribution in [0.5, 0.6) is 5.75 Å². The highest BCUT2D eigenvalue weighted by Gasteiger charge is 2.18. The van der Waals surface area contributed by atoms with Crippen LogP contribution in [-0.4, -0.2) is 50.7 Å². The summed E-state index contributed by atoms with van der Waals surface area (Å²) in [5.74, 6) is 0.720. The second-order valence-corrected chi connectivity index (χ2v) is 5.49. The van der Waals surface area contributed by atoms with Crippen LogP contribution in [0.15, 0.2) is 18.2 Å². The van der Waals surface area contributed by atoms with Crippen LogP contribution in [0.1, 0.15) is 11.1 Å². The smallest absolute Gasteiger partial charge is 0.272 e. The molecule has 1 aliphatic heterocycles. The second-order valence-electron chi connectivity index (χ2n) is 5.49. The number of ether oxygens (including phenoxy) is 1. The van der Waals surface area contributed by atoms with E-state index >= 15 is 0 Å². The molecule has 0 saturated carbocycles. The van der Waals surface area contributed by atoms with E-state index in [1.54, 1.807) is 0 Å². The van der Waals surface area contributed by atoms with E-state index in [9.17, 15) is 4.79 Å². The molecule has 1 fully saturated rings. The van der Waals surface area contributed by atoms with Gasteiger partial charge in [-0.2, -0.15) is 0 Å². The molecule has 20 heavy (non-hydrogen) atoms. The van der Waals surface area contributed by atoms with Gasteiger partial charge in [0.15, 0.2) is 6.61 Å². The van der Waals surface area contributed by atoms with Gasteiger partial charge in [-0.1, -0.05) is 18.2 Å². The maximum Gasteiger partial charge on any atom is 0.272 e. The SMILES string of the molecule is Cc1cccc(C)c1OCC(=O)NN1CC[NH+](C)CC1. The molecule has 2 N–H and O–H groups in total. The van der Waals surface area contributed by atoms with Crippen molar-refractivity contribution in [1.29, 1.82) is 0 Å². The van der Waals surface area contributed by atoms with Crippen molar-refractivity contribution in [3.8, 4) is 5.75 Å². The summed E-state index contributed by atoms with van der Waals surface area (Å²) in [6, 6.07) is 5.97. The summed E-state index contributed by atoms with van der Waals surface area (Å²) < 4.78 is 5.65. The number of quaternary nitrogens is 1. The highest BCUT2D eigenvalue weighted by molar-refractivity contribution is 5.77. The summed E-state index contributed by atoms with van der Waals surface area (Å²) in [5.41, 5.74) is 5.02. The molecule has 0 bridgehead atoms. The van der Waals surface area contributed by atoms with Crippen LogP contribution in [0.4, 0.5) is 0 Å². The van der Waals surface area contributed by atoms with Gasteiger partial charge in [0.2, 0.25) is 0 Å². The molecule has 1 aliphatic rings. The summed E-state index contributed by atoms with van der Waals surface area (Å²) >= 11 is 0. The molecule has 1 amide bonds. The maximum atomic E-state index is 11.9. The number of nitrogens with zero attached hydrogens (tertiary/aromatic N) is 1. The molecular weight excluding hydrogens is 254 g/mol. The Labute approximate surface area is 120 Å². The molecule has 0 unspecified atom stereocenters. The average molecular weight is 278 g/mol. The molecule has 0 atom stereocenters. The fraction of sp³-hybridized carbons (Fsp3) is 0.533. The van der Waals surface area contributed by atoms with Crippen LogP contribution in [0.2, 0.25) is 0 Å². The standard InChI is InChI=1S/C15H23N3O2/c1-12-5-4-6-13(2)15(12)20-11-14(19)16-18-9-7-17(3)8-10-18/h4-6H,7-11H2,1-3H3,(H,16,19)/p+1. The van der Waals surface area contributed by atoms with Crippen molar-refractivity contribution < 1.29 is 14.4 Å². The van der Waals surface area contributed by atoms with Crippen LogP contribution in [0.3, 0.4) is 0 Å². The summed E-state index contributed by atoms with van der Waals surface area (Å²) in [7, 11) is 2.17. The molecule has 1 saturated heterocycles. The molecule has 0 aliphatic carbocycles. The molecule has 5 heteroatoms. The summed E-state index contributed by atoms with van der Waals surface area (Å²) in [4.78, 5) is 13.4. The number of likely N-dealkylation sites (N-methyl/N-ethyl adjacent to an activating group) is 1. The first-order chi connectivity index (χ1) is 9.56. The minimum absolute atomic E-state index is 0.0604. The van der Waals surface area contributed by atoms with E-state index in [1.807, 2.05) is 37.1 Å². The molecule has 1 aromatic carbocycles. The third-order valence-corrected chi connectivity index (χ3v) is 3.66. The monoisotopic (exact) mass is 278 g/mol. The van der Waals surface area contributed by atoms with Gasteiger partial charge in [-0.25, -0.2) is 5.01 Å². The minimum atomic E-state index is -0.0905. The van der Waals surface area contributed by atoms with Crippen LogP contribution in [0.25, 0.3) is 0 Å². The van der Waals surface area contributed by atoms with Gasteiger partial charge in [-0.05, 0) is 25.0 Å². The Morgan fingerprint density at radius 1 is 1.30 bits per heavy atom. The Morgan fingerprint density at radius 3 is 2.50 bits per heavy atom. The molecule has 110 valence electrons. The van der Waals surface area contributed by atoms with Crippen LogP contribution in [0, 0.1) is 13.8 Å². The van der Waals surface area contributed by atoms with E-state index in [4.69, 9.17) is 4.74 Å². The van der Waals surface area contributed by atoms with Gasteiger partial charge >= 0.3 is 0 Å². The molecule has 2 rings (SSSR count). The van der Waals surface area contributed by atoms with Gasteiger partial charge in [0.05, 0.1) is 33.2 Å². The van der Waals surface area contributed by atoms with Gasteiger partial charge in [-0.3, -0.25) is 10.2 Å². The first kappa shape index (κ1) is 14.8. The van der Waals surface area contributed by atoms with Gasteiger partial charge < -0.3 is 9.64 Å². The Kier molecular flexibility index (Phi) is 4.98. The van der Waals surface area contributed by atoms with E-state index in [0.29, 0.717) is 0 Å². The zero-order chi connectivity index (χ0) is 14.5. The first-order valence-corrected chi connectivity index (χ1v) is 7.11. The van der Waals surface area contributed by atoms with Crippen molar-refractivity contribution in [1.82, 2.24) is 10.4 Å². The van der Waals surface area contributed by atoms with Gasteiger partial charge in [0.25, 0.3) is 5.91 Å². The van der Waals surface area contributed by atoms with Crippen molar-refractivity contribution in [2.45, 2.75) is 13.8 Å².